The fourth-order valence-electron chi connectivity index (χ4n) is 6.78. The molecule has 2 aliphatic rings. The number of hydrogen-bond donors (Lipinski definition) is 3. The Hall–Kier alpha value is -4.25. The van der Waals surface area contributed by atoms with E-state index in [1.54, 1.807) is 49.9 Å². The molecule has 0 bridgehead atoms. The summed E-state index contributed by atoms with van der Waals surface area (Å²) in [6.45, 7) is 5.15. The lowest BCUT2D eigenvalue weighted by molar-refractivity contribution is -0.175. The van der Waals surface area contributed by atoms with E-state index >= 15 is 0 Å². The van der Waals surface area contributed by atoms with E-state index in [0.717, 1.165) is 5.56 Å². The molecule has 1 aliphatic heterocycles. The Morgan fingerprint density at radius 3 is 2.38 bits per heavy atom. The number of nitrogens with one attached hydrogen (secondary N) is 2. The van der Waals surface area contributed by atoms with Gasteiger partial charge in [0.2, 0.25) is 18.1 Å². The van der Waals surface area contributed by atoms with Crippen LogP contribution in [0.15, 0.2) is 54.6 Å². The van der Waals surface area contributed by atoms with E-state index in [1.165, 1.54) is 0 Å². The van der Waals surface area contributed by atoms with Crippen molar-refractivity contribution in [3.05, 3.63) is 65.9 Å². The number of likely N-dealkylation sites (tertiary alicyclic amines) is 1. The first-order chi connectivity index (χ1) is 22.6. The molecule has 10 nitrogen and oxygen atoms in total. The summed E-state index contributed by atoms with van der Waals surface area (Å²) < 4.78 is 23.9. The molecule has 47 heavy (non-hydrogen) atoms. The van der Waals surface area contributed by atoms with E-state index in [1.807, 2.05) is 30.3 Å². The highest BCUT2D eigenvalue weighted by atomic mass is 19.1. The van der Waals surface area contributed by atoms with E-state index in [2.05, 4.69) is 10.3 Å². The van der Waals surface area contributed by atoms with Gasteiger partial charge in [-0.3, -0.25) is 14.4 Å². The lowest BCUT2D eigenvalue weighted by Crippen LogP contribution is -2.48. The van der Waals surface area contributed by atoms with Crippen LogP contribution in [0, 0.1) is 17.8 Å². The fourth-order valence-corrected chi connectivity index (χ4v) is 6.78. The van der Waals surface area contributed by atoms with Crippen molar-refractivity contribution in [2.24, 2.45) is 23.5 Å². The van der Waals surface area contributed by atoms with Gasteiger partial charge in [-0.25, -0.2) is 9.18 Å². The number of aromatic nitrogens is 1. The van der Waals surface area contributed by atoms with Gasteiger partial charge in [0.1, 0.15) is 18.4 Å². The van der Waals surface area contributed by atoms with Gasteiger partial charge in [0, 0.05) is 53.4 Å². The minimum absolute atomic E-state index is 0.0376. The highest BCUT2D eigenvalue weighted by molar-refractivity contribution is 6.01. The monoisotopic (exact) mass is 648 g/mol. The molecule has 252 valence electrons. The van der Waals surface area contributed by atoms with Crippen molar-refractivity contribution in [1.29, 1.82) is 0 Å². The standard InChI is InChI=1S/C36H45FN4O6/c1-4-31(42)46-36(21(2)3)47-35(45)30-19-25-18-26(14-15-29(25)40-30)39-33(43)32-27(22-8-6-5-7-9-22)16-17-41(32)34(44)24-12-10-23(11-13-24)28(38)20-37/h5-9,14-15,18-19,21,23-24,27-28,32,36,40H,4,10-13,16-17,20,38H2,1-3H3,(H,39,43)/t23?,24?,27-,28-,32+,36?/m1/s1. The van der Waals surface area contributed by atoms with Crippen LogP contribution in [0.4, 0.5) is 10.1 Å². The number of nitrogens with zero attached hydrogens (tertiary/aromatic N) is 1. The van der Waals surface area contributed by atoms with Gasteiger partial charge in [0.15, 0.2) is 0 Å². The first-order valence-electron chi connectivity index (χ1n) is 16.6. The largest absolute Gasteiger partial charge is 0.425 e. The number of amides is 2. The zero-order chi connectivity index (χ0) is 33.7. The van der Waals surface area contributed by atoms with Gasteiger partial charge in [-0.15, -0.1) is 0 Å². The molecule has 0 spiro atoms. The molecule has 1 aromatic heterocycles. The van der Waals surface area contributed by atoms with Crippen LogP contribution in [-0.2, 0) is 23.9 Å². The number of hydrogen-bond acceptors (Lipinski definition) is 7. The summed E-state index contributed by atoms with van der Waals surface area (Å²) in [6.07, 6.45) is 2.46. The quantitative estimate of drug-likeness (QED) is 0.179. The molecule has 11 heteroatoms. The number of ether oxygens (including phenoxy) is 2. The topological polar surface area (TPSA) is 144 Å². The maximum Gasteiger partial charge on any atom is 0.357 e. The SMILES string of the molecule is CCC(=O)OC(OC(=O)c1cc2cc(NC(=O)[C@@H]3[C@@H](c4ccccc4)CCN3C(=O)C3CCC([C@H](N)CF)CC3)ccc2[nH]1)C(C)C. The fraction of sp³-hybridized carbons (Fsp3) is 0.500. The number of rotatable bonds is 11. The highest BCUT2D eigenvalue weighted by Gasteiger charge is 2.45. The van der Waals surface area contributed by atoms with Crippen molar-refractivity contribution in [2.45, 2.75) is 83.6 Å². The lowest BCUT2D eigenvalue weighted by Gasteiger charge is -2.35. The van der Waals surface area contributed by atoms with Gasteiger partial charge in [-0.1, -0.05) is 51.1 Å². The average Bonchev–Trinajstić information content (AvgIpc) is 3.72. The summed E-state index contributed by atoms with van der Waals surface area (Å²) in [5, 5.41) is 3.70. The highest BCUT2D eigenvalue weighted by Crippen LogP contribution is 2.38. The number of benzene rings is 2. The number of H-pyrrole nitrogens is 1. The van der Waals surface area contributed by atoms with Gasteiger partial charge < -0.3 is 30.4 Å². The molecule has 0 radical (unpaired) electrons. The number of carbonyl (C=O) groups excluding carboxylic acids is 4. The van der Waals surface area contributed by atoms with Gasteiger partial charge >= 0.3 is 11.9 Å². The number of halogens is 1. The molecule has 4 atom stereocenters. The number of esters is 2. The Balaban J connectivity index is 1.32. The maximum atomic E-state index is 14.0. The number of anilines is 1. The van der Waals surface area contributed by atoms with Crippen LogP contribution in [0.1, 0.15) is 81.3 Å². The van der Waals surface area contributed by atoms with Gasteiger partial charge in [0.05, 0.1) is 0 Å². The minimum Gasteiger partial charge on any atom is -0.425 e. The van der Waals surface area contributed by atoms with Crippen LogP contribution >= 0.6 is 0 Å². The molecular weight excluding hydrogens is 603 g/mol. The van der Waals surface area contributed by atoms with Gasteiger partial charge in [-0.05, 0) is 67.9 Å². The predicted octanol–water partition coefficient (Wildman–Crippen LogP) is 5.69. The molecular formula is C36H45FN4O6. The molecule has 2 amide bonds. The zero-order valence-corrected chi connectivity index (χ0v) is 27.2. The molecule has 1 unspecified atom stereocenters. The van der Waals surface area contributed by atoms with Crippen molar-refractivity contribution in [3.63, 3.8) is 0 Å². The summed E-state index contributed by atoms with van der Waals surface area (Å²) in [7, 11) is 0. The van der Waals surface area contributed by atoms with E-state index < -0.39 is 37.0 Å². The minimum atomic E-state index is -1.02. The van der Waals surface area contributed by atoms with E-state index in [9.17, 15) is 23.6 Å². The summed E-state index contributed by atoms with van der Waals surface area (Å²) >= 11 is 0. The third kappa shape index (κ3) is 7.84. The van der Waals surface area contributed by atoms with Gasteiger partial charge in [-0.2, -0.15) is 0 Å². The number of nitrogens with two attached hydrogens (primary N) is 1. The van der Waals surface area contributed by atoms with Gasteiger partial charge in [0.25, 0.3) is 0 Å². The number of carbonyl (C=O) groups is 4. The molecule has 1 saturated heterocycles. The Bertz CT molecular complexity index is 1570. The van der Waals surface area contributed by atoms with Crippen LogP contribution < -0.4 is 11.1 Å². The first-order valence-corrected chi connectivity index (χ1v) is 16.6. The molecule has 1 saturated carbocycles. The smallest absolute Gasteiger partial charge is 0.357 e. The summed E-state index contributed by atoms with van der Waals surface area (Å²) in [4.78, 5) is 57.4. The predicted molar refractivity (Wildman–Crippen MR) is 176 cm³/mol. The Morgan fingerprint density at radius 2 is 1.72 bits per heavy atom. The molecule has 2 heterocycles. The Labute approximate surface area is 274 Å². The lowest BCUT2D eigenvalue weighted by atomic mass is 9.78. The zero-order valence-electron chi connectivity index (χ0n) is 27.2. The van der Waals surface area contributed by atoms with E-state index in [4.69, 9.17) is 15.2 Å². The molecule has 2 aromatic carbocycles. The van der Waals surface area contributed by atoms with Crippen molar-refractivity contribution in [2.75, 3.05) is 18.5 Å². The van der Waals surface area contributed by atoms with Crippen molar-refractivity contribution >= 4 is 40.3 Å². The van der Waals surface area contributed by atoms with Crippen LogP contribution in [0.2, 0.25) is 0 Å². The third-order valence-electron chi connectivity index (χ3n) is 9.49. The Kier molecular flexibility index (Phi) is 11.0. The van der Waals surface area contributed by atoms with E-state index in [-0.39, 0.29) is 47.6 Å². The van der Waals surface area contributed by atoms with Crippen molar-refractivity contribution < 1.29 is 33.0 Å². The molecule has 5 rings (SSSR count). The Morgan fingerprint density at radius 1 is 1.00 bits per heavy atom. The molecule has 1 aliphatic carbocycles. The molecule has 4 N–H and O–H groups in total. The number of aromatic amines is 1. The summed E-state index contributed by atoms with van der Waals surface area (Å²) in [5.74, 6) is -2.02. The number of alkyl halides is 1. The first kappa shape index (κ1) is 34.1. The maximum absolute atomic E-state index is 14.0. The molecule has 3 aromatic rings. The second-order valence-corrected chi connectivity index (χ2v) is 13.0. The second kappa shape index (κ2) is 15.1. The van der Waals surface area contributed by atoms with Crippen molar-refractivity contribution in [1.82, 2.24) is 9.88 Å². The summed E-state index contributed by atoms with van der Waals surface area (Å²) in [6, 6.07) is 15.4. The van der Waals surface area contributed by atoms with Crippen LogP contribution in [0.3, 0.4) is 0 Å². The molecule has 2 fully saturated rings. The van der Waals surface area contributed by atoms with Crippen LogP contribution in [0.25, 0.3) is 10.9 Å². The summed E-state index contributed by atoms with van der Waals surface area (Å²) in [5.41, 5.74) is 8.30. The van der Waals surface area contributed by atoms with Crippen molar-refractivity contribution in [3.8, 4) is 0 Å². The average molecular weight is 649 g/mol. The second-order valence-electron chi connectivity index (χ2n) is 13.0. The van der Waals surface area contributed by atoms with Crippen LogP contribution in [-0.4, -0.2) is 65.2 Å². The van der Waals surface area contributed by atoms with E-state index in [0.29, 0.717) is 55.2 Å². The number of fused-ring (bicyclic) bond motifs is 1. The third-order valence-corrected chi connectivity index (χ3v) is 9.49. The van der Waals surface area contributed by atoms with Crippen LogP contribution in [0.5, 0.6) is 0 Å². The normalized spacial score (nSPS) is 22.6.